The van der Waals surface area contributed by atoms with Crippen molar-refractivity contribution in [3.8, 4) is 0 Å². The van der Waals surface area contributed by atoms with Crippen LogP contribution in [0.25, 0.3) is 16.7 Å². The van der Waals surface area contributed by atoms with Crippen molar-refractivity contribution in [2.24, 2.45) is 0 Å². The zero-order valence-corrected chi connectivity index (χ0v) is 13.7. The molecule has 2 heterocycles. The number of aryl methyl sites for hydroxylation is 1. The van der Waals surface area contributed by atoms with Crippen molar-refractivity contribution in [2.45, 2.75) is 46.0 Å². The second-order valence-electron chi connectivity index (χ2n) is 6.57. The summed E-state index contributed by atoms with van der Waals surface area (Å²) in [5.74, 6) is 0. The van der Waals surface area contributed by atoms with Crippen LogP contribution < -0.4 is 0 Å². The Hall–Kier alpha value is -1.61. The molecule has 0 aromatic carbocycles. The number of rotatable bonds is 1. The topological polar surface area (TPSA) is 30.7 Å². The fourth-order valence-electron chi connectivity index (χ4n) is 2.54. The van der Waals surface area contributed by atoms with Gasteiger partial charge in [-0.1, -0.05) is 38.4 Å². The van der Waals surface area contributed by atoms with E-state index in [2.05, 4.69) is 44.1 Å². The van der Waals surface area contributed by atoms with Gasteiger partial charge in [-0.05, 0) is 38.0 Å². The maximum absolute atomic E-state index is 6.18. The molecule has 2 aromatic rings. The summed E-state index contributed by atoms with van der Waals surface area (Å²) in [5.41, 5.74) is 4.01. The van der Waals surface area contributed by atoms with Crippen LogP contribution in [0.15, 0.2) is 29.3 Å². The fraction of sp³-hybridized carbons (Fsp3) is 0.412. The van der Waals surface area contributed by atoms with Crippen LogP contribution in [-0.2, 0) is 5.41 Å². The highest BCUT2D eigenvalue weighted by molar-refractivity contribution is 6.30. The summed E-state index contributed by atoms with van der Waals surface area (Å²) in [6, 6.07) is 4.22. The lowest BCUT2D eigenvalue weighted by Gasteiger charge is -2.18. The van der Waals surface area contributed by atoms with E-state index >= 15 is 0 Å². The normalized spacial score (nSPS) is 16.0. The first-order valence-corrected chi connectivity index (χ1v) is 7.67. The number of nitrogens with zero attached hydrogens (tertiary/aromatic N) is 3. The Kier molecular flexibility index (Phi) is 3.40. The third kappa shape index (κ3) is 2.62. The molecule has 0 unspecified atom stereocenters. The third-order valence-electron chi connectivity index (χ3n) is 3.77. The lowest BCUT2D eigenvalue weighted by Crippen LogP contribution is -2.14. The van der Waals surface area contributed by atoms with E-state index < -0.39 is 0 Å². The van der Waals surface area contributed by atoms with Crippen LogP contribution in [0, 0.1) is 6.92 Å². The van der Waals surface area contributed by atoms with E-state index in [4.69, 9.17) is 16.6 Å². The minimum absolute atomic E-state index is 0.0195. The van der Waals surface area contributed by atoms with E-state index in [9.17, 15) is 0 Å². The maximum atomic E-state index is 6.18. The van der Waals surface area contributed by atoms with E-state index in [1.54, 1.807) is 0 Å². The van der Waals surface area contributed by atoms with Crippen LogP contribution in [0.2, 0.25) is 0 Å². The van der Waals surface area contributed by atoms with Gasteiger partial charge < -0.3 is 0 Å². The molecular formula is C17H20ClN3. The van der Waals surface area contributed by atoms with Crippen molar-refractivity contribution in [1.29, 1.82) is 0 Å². The maximum Gasteiger partial charge on any atom is 0.163 e. The zero-order chi connectivity index (χ0) is 15.2. The first kappa shape index (κ1) is 14.3. The Balaban J connectivity index is 2.21. The van der Waals surface area contributed by atoms with Crippen LogP contribution >= 0.6 is 11.6 Å². The Morgan fingerprint density at radius 2 is 2.00 bits per heavy atom. The van der Waals surface area contributed by atoms with Crippen molar-refractivity contribution in [2.75, 3.05) is 0 Å². The van der Waals surface area contributed by atoms with Crippen LogP contribution in [-0.4, -0.2) is 14.8 Å². The second-order valence-corrected chi connectivity index (χ2v) is 7.06. The van der Waals surface area contributed by atoms with Crippen molar-refractivity contribution in [1.82, 2.24) is 14.8 Å². The number of halogens is 1. The number of fused-ring (bicyclic) bond motifs is 1. The number of allylic oxidation sites excluding steroid dienone is 4. The predicted octanol–water partition coefficient (Wildman–Crippen LogP) is 4.79. The van der Waals surface area contributed by atoms with E-state index in [1.165, 1.54) is 0 Å². The van der Waals surface area contributed by atoms with Crippen LogP contribution in [0.3, 0.4) is 0 Å². The van der Waals surface area contributed by atoms with Gasteiger partial charge in [0.15, 0.2) is 5.65 Å². The van der Waals surface area contributed by atoms with E-state index in [-0.39, 0.29) is 5.41 Å². The summed E-state index contributed by atoms with van der Waals surface area (Å²) in [7, 11) is 0. The smallest absolute Gasteiger partial charge is 0.163 e. The Labute approximate surface area is 130 Å². The van der Waals surface area contributed by atoms with Gasteiger partial charge in [0.25, 0.3) is 0 Å². The first-order valence-electron chi connectivity index (χ1n) is 7.30. The molecule has 21 heavy (non-hydrogen) atoms. The molecule has 0 atom stereocenters. The highest BCUT2D eigenvalue weighted by atomic mass is 35.5. The van der Waals surface area contributed by atoms with Gasteiger partial charge in [-0.3, -0.25) is 0 Å². The van der Waals surface area contributed by atoms with Gasteiger partial charge in [-0.25, -0.2) is 9.67 Å². The van der Waals surface area contributed by atoms with E-state index in [1.807, 2.05) is 17.7 Å². The summed E-state index contributed by atoms with van der Waals surface area (Å²) < 4.78 is 1.92. The minimum atomic E-state index is 0.0195. The molecule has 1 aliphatic carbocycles. The van der Waals surface area contributed by atoms with Gasteiger partial charge in [0.1, 0.15) is 0 Å². The molecule has 1 aliphatic rings. The van der Waals surface area contributed by atoms with Gasteiger partial charge in [0.2, 0.25) is 0 Å². The molecule has 0 saturated heterocycles. The van der Waals surface area contributed by atoms with Crippen molar-refractivity contribution >= 4 is 28.3 Å². The molecule has 0 saturated carbocycles. The van der Waals surface area contributed by atoms with E-state index in [0.717, 1.165) is 46.0 Å². The molecule has 0 amide bonds. The zero-order valence-electron chi connectivity index (χ0n) is 12.9. The third-order valence-corrected chi connectivity index (χ3v) is 4.07. The molecule has 0 N–H and O–H groups in total. The fourth-order valence-corrected chi connectivity index (χ4v) is 2.76. The Morgan fingerprint density at radius 1 is 1.24 bits per heavy atom. The highest BCUT2D eigenvalue weighted by Gasteiger charge is 2.19. The molecule has 0 bridgehead atoms. The molecule has 3 nitrogen and oxygen atoms in total. The minimum Gasteiger partial charge on any atom is -0.232 e. The molecule has 110 valence electrons. The van der Waals surface area contributed by atoms with Gasteiger partial charge in [-0.2, -0.15) is 5.10 Å². The van der Waals surface area contributed by atoms with Crippen molar-refractivity contribution < 1.29 is 0 Å². The molecule has 0 radical (unpaired) electrons. The molecule has 0 aliphatic heterocycles. The lowest BCUT2D eigenvalue weighted by molar-refractivity contribution is 0.570. The molecule has 2 aromatic heterocycles. The largest absolute Gasteiger partial charge is 0.232 e. The lowest BCUT2D eigenvalue weighted by atomic mass is 9.91. The Morgan fingerprint density at radius 3 is 2.67 bits per heavy atom. The summed E-state index contributed by atoms with van der Waals surface area (Å²) >= 11 is 6.18. The van der Waals surface area contributed by atoms with Crippen molar-refractivity contribution in [3.63, 3.8) is 0 Å². The van der Waals surface area contributed by atoms with Crippen LogP contribution in [0.4, 0.5) is 0 Å². The summed E-state index contributed by atoms with van der Waals surface area (Å²) in [4.78, 5) is 4.85. The van der Waals surface area contributed by atoms with Crippen LogP contribution in [0.5, 0.6) is 0 Å². The van der Waals surface area contributed by atoms with Gasteiger partial charge in [0, 0.05) is 21.5 Å². The first-order chi connectivity index (χ1) is 9.86. The van der Waals surface area contributed by atoms with Gasteiger partial charge in [-0.15, -0.1) is 0 Å². The SMILES string of the molecule is Cc1nn(C2=CCCC(Cl)=C2)c2nc(C(C)(C)C)ccc12. The quantitative estimate of drug-likeness (QED) is 0.758. The molecule has 3 rings (SSSR count). The molecule has 4 heteroatoms. The molecule has 0 spiro atoms. The number of aromatic nitrogens is 3. The second kappa shape index (κ2) is 4.99. The van der Waals surface area contributed by atoms with Crippen molar-refractivity contribution in [3.05, 3.63) is 40.7 Å². The van der Waals surface area contributed by atoms with Gasteiger partial charge >= 0.3 is 0 Å². The number of pyridine rings is 1. The monoisotopic (exact) mass is 301 g/mol. The average Bonchev–Trinajstić information content (AvgIpc) is 2.75. The summed E-state index contributed by atoms with van der Waals surface area (Å²) in [6.45, 7) is 8.54. The van der Waals surface area contributed by atoms with Gasteiger partial charge in [0.05, 0.1) is 11.4 Å². The number of hydrogen-bond donors (Lipinski definition) is 0. The van der Waals surface area contributed by atoms with Crippen LogP contribution in [0.1, 0.15) is 45.0 Å². The standard InChI is InChI=1S/C17H20ClN3/c1-11-14-8-9-15(17(2,3)4)19-16(14)21(20-11)13-7-5-6-12(18)10-13/h7-10H,5-6H2,1-4H3. The summed E-state index contributed by atoms with van der Waals surface area (Å²) in [6.07, 6.45) is 6.01. The molecular weight excluding hydrogens is 282 g/mol. The Bertz CT molecular complexity index is 760. The predicted molar refractivity (Wildman–Crippen MR) is 88.4 cm³/mol. The number of hydrogen-bond acceptors (Lipinski definition) is 2. The average molecular weight is 302 g/mol. The summed E-state index contributed by atoms with van der Waals surface area (Å²) in [5, 5.41) is 6.63. The molecule has 0 fully saturated rings. The highest BCUT2D eigenvalue weighted by Crippen LogP contribution is 2.28. The van der Waals surface area contributed by atoms with E-state index in [0.29, 0.717) is 0 Å².